The van der Waals surface area contributed by atoms with E-state index in [4.69, 9.17) is 17.0 Å². The highest BCUT2D eigenvalue weighted by Gasteiger charge is 2.21. The predicted molar refractivity (Wildman–Crippen MR) is 124 cm³/mol. The number of carbonyl (C=O) groups is 1. The number of halogens is 2. The molecule has 10 heteroatoms. The minimum Gasteiger partial charge on any atom is -0.357 e. The molecule has 1 aliphatic rings. The number of fused-ring (bicyclic) bond motifs is 1. The predicted octanol–water partition coefficient (Wildman–Crippen LogP) is 4.28. The first-order chi connectivity index (χ1) is 16.0. The number of anilines is 1. The first-order valence-corrected chi connectivity index (χ1v) is 10.8. The van der Waals surface area contributed by atoms with E-state index in [1.54, 1.807) is 18.2 Å². The molecule has 1 saturated heterocycles. The quantitative estimate of drug-likeness (QED) is 0.347. The number of amides is 1. The summed E-state index contributed by atoms with van der Waals surface area (Å²) >= 11 is 6.04. The number of tetrazole rings is 1. The summed E-state index contributed by atoms with van der Waals surface area (Å²) in [6, 6.07) is 15.3. The Bertz CT molecular complexity index is 1380. The number of carbonyl (C=O) groups excluding carboxylic acids is 1. The summed E-state index contributed by atoms with van der Waals surface area (Å²) in [6.45, 7) is 1.59. The van der Waals surface area contributed by atoms with Crippen molar-refractivity contribution in [2.24, 2.45) is 0 Å². The number of nitrogens with zero attached hydrogens (tertiary/aromatic N) is 5. The molecule has 8 nitrogen and oxygen atoms in total. The van der Waals surface area contributed by atoms with Crippen molar-refractivity contribution in [3.05, 3.63) is 76.8 Å². The zero-order valence-electron chi connectivity index (χ0n) is 17.4. The number of rotatable bonds is 4. The van der Waals surface area contributed by atoms with E-state index in [0.29, 0.717) is 16.3 Å². The molecule has 0 atom stereocenters. The van der Waals surface area contributed by atoms with Crippen LogP contribution in [0.1, 0.15) is 29.0 Å². The van der Waals surface area contributed by atoms with Crippen molar-refractivity contribution in [1.82, 2.24) is 25.1 Å². The van der Waals surface area contributed by atoms with Crippen LogP contribution in [-0.2, 0) is 0 Å². The van der Waals surface area contributed by atoms with E-state index < -0.39 is 11.7 Å². The minimum absolute atomic E-state index is 0.0133. The molecule has 0 saturated carbocycles. The monoisotopic (exact) mass is 463 g/mol. The Balaban J connectivity index is 1.38. The molecule has 1 amide bonds. The summed E-state index contributed by atoms with van der Waals surface area (Å²) in [5.74, 6) is -1.09. The van der Waals surface area contributed by atoms with Gasteiger partial charge in [0.05, 0.1) is 11.4 Å². The number of aromatic nitrogens is 4. The van der Waals surface area contributed by atoms with Gasteiger partial charge in [-0.05, 0) is 76.5 Å². The zero-order valence-corrected chi connectivity index (χ0v) is 18.2. The van der Waals surface area contributed by atoms with Gasteiger partial charge in [-0.3, -0.25) is 10.2 Å². The third-order valence-corrected chi connectivity index (χ3v) is 5.85. The van der Waals surface area contributed by atoms with Gasteiger partial charge in [0.15, 0.2) is 0 Å². The standard InChI is InChI=1S/C23H19ClFN7O/c24-17-6-3-15-12-18(7-4-14(15)11-17)32-22(28-29-30-32)23(33)27-20-8-5-16(13-19(20)25)21(26)31-9-1-2-10-31/h3-8,11-13,26H,1-2,9-10H2,(H,27,33). The molecule has 166 valence electrons. The molecule has 1 aliphatic heterocycles. The van der Waals surface area contributed by atoms with Gasteiger partial charge < -0.3 is 10.2 Å². The highest BCUT2D eigenvalue weighted by molar-refractivity contribution is 6.31. The van der Waals surface area contributed by atoms with Crippen LogP contribution in [0.3, 0.4) is 0 Å². The van der Waals surface area contributed by atoms with Crippen LogP contribution in [0.15, 0.2) is 54.6 Å². The van der Waals surface area contributed by atoms with Crippen LogP contribution in [0, 0.1) is 11.2 Å². The van der Waals surface area contributed by atoms with E-state index in [1.165, 1.54) is 16.8 Å². The molecular weight excluding hydrogens is 445 g/mol. The summed E-state index contributed by atoms with van der Waals surface area (Å²) in [6.07, 6.45) is 2.05. The molecule has 0 radical (unpaired) electrons. The van der Waals surface area contributed by atoms with Gasteiger partial charge in [0.25, 0.3) is 5.91 Å². The van der Waals surface area contributed by atoms with E-state index in [-0.39, 0.29) is 17.3 Å². The molecular formula is C23H19ClFN7O. The second-order valence-electron chi connectivity index (χ2n) is 7.78. The smallest absolute Gasteiger partial charge is 0.295 e. The van der Waals surface area contributed by atoms with Gasteiger partial charge in [0.2, 0.25) is 5.82 Å². The third-order valence-electron chi connectivity index (χ3n) is 5.62. The van der Waals surface area contributed by atoms with Crippen molar-refractivity contribution in [2.75, 3.05) is 18.4 Å². The van der Waals surface area contributed by atoms with Crippen molar-refractivity contribution in [3.8, 4) is 5.69 Å². The SMILES string of the molecule is N=C(c1ccc(NC(=O)c2nnnn2-c2ccc3cc(Cl)ccc3c2)c(F)c1)N1CCCC1. The second kappa shape index (κ2) is 8.59. The van der Waals surface area contributed by atoms with Crippen LogP contribution < -0.4 is 5.32 Å². The average molecular weight is 464 g/mol. The molecule has 5 rings (SSSR count). The van der Waals surface area contributed by atoms with Crippen LogP contribution in [0.4, 0.5) is 10.1 Å². The summed E-state index contributed by atoms with van der Waals surface area (Å²) in [7, 11) is 0. The second-order valence-corrected chi connectivity index (χ2v) is 8.22. The van der Waals surface area contributed by atoms with Crippen LogP contribution in [0.25, 0.3) is 16.5 Å². The number of amidine groups is 1. The maximum absolute atomic E-state index is 14.7. The Labute approximate surface area is 193 Å². The molecule has 2 heterocycles. The number of nitrogens with one attached hydrogen (secondary N) is 2. The molecule has 2 N–H and O–H groups in total. The fraction of sp³-hybridized carbons (Fsp3) is 0.174. The third kappa shape index (κ3) is 4.14. The van der Waals surface area contributed by atoms with Gasteiger partial charge in [-0.2, -0.15) is 4.68 Å². The molecule has 0 spiro atoms. The fourth-order valence-electron chi connectivity index (χ4n) is 3.90. The Kier molecular flexibility index (Phi) is 5.47. The van der Waals surface area contributed by atoms with Crippen LogP contribution >= 0.6 is 11.6 Å². The molecule has 33 heavy (non-hydrogen) atoms. The molecule has 1 aromatic heterocycles. The minimum atomic E-state index is -0.655. The van der Waals surface area contributed by atoms with Crippen LogP contribution in [0.2, 0.25) is 5.02 Å². The topological polar surface area (TPSA) is 99.8 Å². The highest BCUT2D eigenvalue weighted by Crippen LogP contribution is 2.23. The van der Waals surface area contributed by atoms with Gasteiger partial charge in [-0.15, -0.1) is 5.10 Å². The van der Waals surface area contributed by atoms with Crippen molar-refractivity contribution in [3.63, 3.8) is 0 Å². The largest absolute Gasteiger partial charge is 0.357 e. The Morgan fingerprint density at radius 1 is 1.03 bits per heavy atom. The van der Waals surface area contributed by atoms with Crippen LogP contribution in [-0.4, -0.2) is 49.9 Å². The van der Waals surface area contributed by atoms with Crippen molar-refractivity contribution in [2.45, 2.75) is 12.8 Å². The van der Waals surface area contributed by atoms with Gasteiger partial charge in [0.1, 0.15) is 11.7 Å². The summed E-state index contributed by atoms with van der Waals surface area (Å²) in [4.78, 5) is 14.8. The Hall–Kier alpha value is -3.85. The lowest BCUT2D eigenvalue weighted by Gasteiger charge is -2.18. The van der Waals surface area contributed by atoms with E-state index in [2.05, 4.69) is 20.8 Å². The van der Waals surface area contributed by atoms with Crippen LogP contribution in [0.5, 0.6) is 0 Å². The highest BCUT2D eigenvalue weighted by atomic mass is 35.5. The summed E-state index contributed by atoms with van der Waals surface area (Å²) in [5.41, 5.74) is 1.03. The van der Waals surface area contributed by atoms with E-state index in [0.717, 1.165) is 36.7 Å². The number of likely N-dealkylation sites (tertiary alicyclic amines) is 1. The zero-order chi connectivity index (χ0) is 22.9. The van der Waals surface area contributed by atoms with E-state index in [1.807, 2.05) is 29.2 Å². The number of benzene rings is 3. The summed E-state index contributed by atoms with van der Waals surface area (Å²) < 4.78 is 16.0. The van der Waals surface area contributed by atoms with E-state index in [9.17, 15) is 9.18 Å². The molecule has 0 bridgehead atoms. The van der Waals surface area contributed by atoms with Crippen molar-refractivity contribution >= 4 is 39.8 Å². The van der Waals surface area contributed by atoms with Gasteiger partial charge >= 0.3 is 0 Å². The van der Waals surface area contributed by atoms with Crippen molar-refractivity contribution in [1.29, 1.82) is 5.41 Å². The van der Waals surface area contributed by atoms with Gasteiger partial charge in [-0.25, -0.2) is 4.39 Å². The molecule has 0 aliphatic carbocycles. The lowest BCUT2D eigenvalue weighted by Crippen LogP contribution is -2.27. The van der Waals surface area contributed by atoms with E-state index >= 15 is 0 Å². The lowest BCUT2D eigenvalue weighted by molar-refractivity contribution is 0.101. The maximum Gasteiger partial charge on any atom is 0.295 e. The Morgan fingerprint density at radius 3 is 2.58 bits per heavy atom. The average Bonchev–Trinajstić information content (AvgIpc) is 3.52. The Morgan fingerprint density at radius 2 is 1.79 bits per heavy atom. The molecule has 3 aromatic carbocycles. The fourth-order valence-corrected chi connectivity index (χ4v) is 4.08. The normalized spacial score (nSPS) is 13.5. The van der Waals surface area contributed by atoms with Crippen molar-refractivity contribution < 1.29 is 9.18 Å². The number of hydrogen-bond acceptors (Lipinski definition) is 5. The lowest BCUT2D eigenvalue weighted by atomic mass is 10.1. The summed E-state index contributed by atoms with van der Waals surface area (Å²) in [5, 5.41) is 24.6. The number of hydrogen-bond donors (Lipinski definition) is 2. The molecule has 4 aromatic rings. The molecule has 1 fully saturated rings. The first-order valence-electron chi connectivity index (χ1n) is 10.4. The van der Waals surface area contributed by atoms with Gasteiger partial charge in [0, 0.05) is 23.7 Å². The maximum atomic E-state index is 14.7. The first kappa shape index (κ1) is 21.0. The molecule has 0 unspecified atom stereocenters. The van der Waals surface area contributed by atoms with Gasteiger partial charge in [-0.1, -0.05) is 23.7 Å².